The van der Waals surface area contributed by atoms with Gasteiger partial charge in [-0.2, -0.15) is 0 Å². The van der Waals surface area contributed by atoms with Gasteiger partial charge in [0.25, 0.3) is 0 Å². The van der Waals surface area contributed by atoms with E-state index in [0.717, 1.165) is 41.9 Å². The highest BCUT2D eigenvalue weighted by Gasteiger charge is 2.41. The van der Waals surface area contributed by atoms with Gasteiger partial charge >= 0.3 is 6.09 Å². The number of alkyl carbamates (subject to hydrolysis) is 1. The zero-order chi connectivity index (χ0) is 22.0. The number of methoxy groups -OCH3 is 1. The first kappa shape index (κ1) is 21.0. The maximum atomic E-state index is 13.0. The Morgan fingerprint density at radius 2 is 2.06 bits per heavy atom. The molecule has 9 heteroatoms. The summed E-state index contributed by atoms with van der Waals surface area (Å²) in [5, 5.41) is 2.68. The van der Waals surface area contributed by atoms with Gasteiger partial charge in [0.2, 0.25) is 5.91 Å². The normalized spacial score (nSPS) is 18.8. The minimum absolute atomic E-state index is 0.0881. The lowest BCUT2D eigenvalue weighted by atomic mass is 10.0. The minimum Gasteiger partial charge on any atom is -0.453 e. The van der Waals surface area contributed by atoms with Gasteiger partial charge in [0, 0.05) is 43.2 Å². The Morgan fingerprint density at radius 3 is 2.77 bits per heavy atom. The molecule has 2 aromatic heterocycles. The van der Waals surface area contributed by atoms with Gasteiger partial charge in [0.1, 0.15) is 11.7 Å². The fraction of sp³-hybridized carbons (Fsp3) is 0.500. The molecule has 164 valence electrons. The molecular formula is C22H28N6O3. The number of likely N-dealkylation sites (N-methyl/N-ethyl adjacent to an activating group) is 1. The standard InChI is InChI=1S/C22H28N6O3/c1-4-17-21(29)27(2)18-13-24-19(26-20(18)28(17)15-7-5-6-8-15)16-9-10-23-11-14(16)12-25-22(30)31-3/h9-11,13,15,17H,4-8,12H2,1-3H3,(H,25,30). The minimum atomic E-state index is -0.514. The summed E-state index contributed by atoms with van der Waals surface area (Å²) in [5.74, 6) is 1.43. The van der Waals surface area contributed by atoms with E-state index in [1.807, 2.05) is 13.0 Å². The van der Waals surface area contributed by atoms with E-state index >= 15 is 0 Å². The van der Waals surface area contributed by atoms with Crippen LogP contribution in [0.4, 0.5) is 16.3 Å². The maximum absolute atomic E-state index is 13.0. The number of amides is 2. The molecule has 1 aliphatic carbocycles. The molecule has 1 saturated carbocycles. The van der Waals surface area contributed by atoms with E-state index < -0.39 is 6.09 Å². The molecule has 2 aromatic rings. The van der Waals surface area contributed by atoms with Gasteiger partial charge in [-0.1, -0.05) is 19.8 Å². The van der Waals surface area contributed by atoms with Gasteiger partial charge in [0.15, 0.2) is 11.6 Å². The summed E-state index contributed by atoms with van der Waals surface area (Å²) in [7, 11) is 3.11. The highest BCUT2D eigenvalue weighted by molar-refractivity contribution is 6.04. The quantitative estimate of drug-likeness (QED) is 0.788. The van der Waals surface area contributed by atoms with Crippen LogP contribution in [0.1, 0.15) is 44.6 Å². The van der Waals surface area contributed by atoms with E-state index in [2.05, 4.69) is 24.9 Å². The van der Waals surface area contributed by atoms with E-state index in [1.54, 1.807) is 30.5 Å². The lowest BCUT2D eigenvalue weighted by Crippen LogP contribution is -2.55. The fourth-order valence-electron chi connectivity index (χ4n) is 4.54. The summed E-state index contributed by atoms with van der Waals surface area (Å²) in [6.45, 7) is 2.30. The number of nitrogens with zero attached hydrogens (tertiary/aromatic N) is 5. The van der Waals surface area contributed by atoms with E-state index in [0.29, 0.717) is 11.9 Å². The molecule has 3 heterocycles. The van der Waals surface area contributed by atoms with Gasteiger partial charge in [-0.15, -0.1) is 0 Å². The van der Waals surface area contributed by atoms with E-state index in [4.69, 9.17) is 4.98 Å². The number of hydrogen-bond acceptors (Lipinski definition) is 7. The van der Waals surface area contributed by atoms with Crippen molar-refractivity contribution in [2.75, 3.05) is 24.0 Å². The summed E-state index contributed by atoms with van der Waals surface area (Å²) < 4.78 is 4.66. The molecule has 0 saturated heterocycles. The topological polar surface area (TPSA) is 101 Å². The fourth-order valence-corrected chi connectivity index (χ4v) is 4.54. The lowest BCUT2D eigenvalue weighted by Gasteiger charge is -2.43. The molecule has 2 aliphatic rings. The average molecular weight is 425 g/mol. The molecule has 1 atom stereocenters. The number of ether oxygens (including phenoxy) is 1. The van der Waals surface area contributed by atoms with E-state index in [-0.39, 0.29) is 18.5 Å². The predicted molar refractivity (Wildman–Crippen MR) is 117 cm³/mol. The van der Waals surface area contributed by atoms with Crippen molar-refractivity contribution < 1.29 is 14.3 Å². The monoisotopic (exact) mass is 424 g/mol. The Bertz CT molecular complexity index is 975. The van der Waals surface area contributed by atoms with Crippen molar-refractivity contribution in [2.24, 2.45) is 0 Å². The van der Waals surface area contributed by atoms with Crippen LogP contribution in [0.5, 0.6) is 0 Å². The molecule has 4 rings (SSSR count). The third-order valence-corrected chi connectivity index (χ3v) is 6.17. The summed E-state index contributed by atoms with van der Waals surface area (Å²) in [4.78, 5) is 42.1. The predicted octanol–water partition coefficient (Wildman–Crippen LogP) is 2.90. The number of rotatable bonds is 5. The van der Waals surface area contributed by atoms with Gasteiger partial charge in [0.05, 0.1) is 13.3 Å². The van der Waals surface area contributed by atoms with Crippen LogP contribution in [-0.2, 0) is 16.1 Å². The van der Waals surface area contributed by atoms with Crippen LogP contribution >= 0.6 is 0 Å². The van der Waals surface area contributed by atoms with E-state index in [9.17, 15) is 9.59 Å². The second kappa shape index (κ2) is 8.87. The third kappa shape index (κ3) is 3.92. The van der Waals surface area contributed by atoms with Crippen molar-refractivity contribution >= 4 is 23.5 Å². The Hall–Kier alpha value is -3.23. The lowest BCUT2D eigenvalue weighted by molar-refractivity contribution is -0.120. The van der Waals surface area contributed by atoms with Crippen molar-refractivity contribution in [3.63, 3.8) is 0 Å². The largest absolute Gasteiger partial charge is 0.453 e. The first-order valence-electron chi connectivity index (χ1n) is 10.7. The van der Waals surface area contributed by atoms with Crippen molar-refractivity contribution in [3.05, 3.63) is 30.2 Å². The first-order valence-corrected chi connectivity index (χ1v) is 10.7. The number of fused-ring (bicyclic) bond motifs is 1. The maximum Gasteiger partial charge on any atom is 0.407 e. The van der Waals surface area contributed by atoms with Crippen LogP contribution < -0.4 is 15.1 Å². The Labute approximate surface area is 181 Å². The zero-order valence-electron chi connectivity index (χ0n) is 18.2. The first-order chi connectivity index (χ1) is 15.0. The van der Waals surface area contributed by atoms with Crippen LogP contribution in [0.25, 0.3) is 11.4 Å². The van der Waals surface area contributed by atoms with Gasteiger partial charge in [-0.05, 0) is 25.3 Å². The molecule has 0 aromatic carbocycles. The van der Waals surface area contributed by atoms with Crippen LogP contribution in [-0.4, -0.2) is 53.2 Å². The molecule has 2 amide bonds. The molecule has 0 spiro atoms. The van der Waals surface area contributed by atoms with Gasteiger partial charge < -0.3 is 19.9 Å². The van der Waals surface area contributed by atoms with Crippen LogP contribution in [0, 0.1) is 0 Å². The van der Waals surface area contributed by atoms with Gasteiger partial charge in [-0.25, -0.2) is 14.8 Å². The number of nitrogens with one attached hydrogen (secondary N) is 1. The summed E-state index contributed by atoms with van der Waals surface area (Å²) in [6, 6.07) is 1.92. The molecule has 1 unspecified atom stereocenters. The second-order valence-corrected chi connectivity index (χ2v) is 7.95. The van der Waals surface area contributed by atoms with Crippen molar-refractivity contribution in [3.8, 4) is 11.4 Å². The zero-order valence-corrected chi connectivity index (χ0v) is 18.2. The van der Waals surface area contributed by atoms with Crippen LogP contribution in [0.3, 0.4) is 0 Å². The Morgan fingerprint density at radius 1 is 1.29 bits per heavy atom. The van der Waals surface area contributed by atoms with E-state index in [1.165, 1.54) is 20.0 Å². The SMILES string of the molecule is CCC1C(=O)N(C)c2cnc(-c3ccncc3CNC(=O)OC)nc2N1C1CCCC1. The number of hydrogen-bond donors (Lipinski definition) is 1. The molecule has 31 heavy (non-hydrogen) atoms. The molecular weight excluding hydrogens is 396 g/mol. The third-order valence-electron chi connectivity index (χ3n) is 6.17. The number of aromatic nitrogens is 3. The number of carbonyl (C=O) groups is 2. The number of anilines is 2. The van der Waals surface area contributed by atoms with Crippen molar-refractivity contribution in [1.29, 1.82) is 0 Å². The Kier molecular flexibility index (Phi) is 6.01. The Balaban J connectivity index is 1.76. The van der Waals surface area contributed by atoms with Crippen LogP contribution in [0.15, 0.2) is 24.7 Å². The molecule has 0 radical (unpaired) electrons. The number of pyridine rings is 1. The molecule has 1 N–H and O–H groups in total. The molecule has 9 nitrogen and oxygen atoms in total. The summed E-state index contributed by atoms with van der Waals surface area (Å²) >= 11 is 0. The van der Waals surface area contributed by atoms with Crippen LogP contribution in [0.2, 0.25) is 0 Å². The highest BCUT2D eigenvalue weighted by Crippen LogP contribution is 2.40. The van der Waals surface area contributed by atoms with Crippen molar-refractivity contribution in [1.82, 2.24) is 20.3 Å². The highest BCUT2D eigenvalue weighted by atomic mass is 16.5. The average Bonchev–Trinajstić information content (AvgIpc) is 3.33. The smallest absolute Gasteiger partial charge is 0.407 e. The second-order valence-electron chi connectivity index (χ2n) is 7.95. The molecule has 0 bridgehead atoms. The summed E-state index contributed by atoms with van der Waals surface area (Å²) in [6.07, 6.45) is 9.77. The molecule has 1 aliphatic heterocycles. The molecule has 1 fully saturated rings. The number of carbonyl (C=O) groups excluding carboxylic acids is 2. The van der Waals surface area contributed by atoms with Gasteiger partial charge in [-0.3, -0.25) is 9.78 Å². The summed E-state index contributed by atoms with van der Waals surface area (Å²) in [5.41, 5.74) is 2.30. The van der Waals surface area contributed by atoms with Crippen molar-refractivity contribution in [2.45, 2.75) is 57.7 Å².